The molecule has 1 saturated heterocycles. The molecule has 2 aromatic heterocycles. The number of aromatic nitrogens is 2. The maximum Gasteiger partial charge on any atom is 0.0537 e. The molecule has 0 aromatic carbocycles. The predicted molar refractivity (Wildman–Crippen MR) is 101 cm³/mol. The molecule has 3 rings (SSSR count). The predicted octanol–water partition coefficient (Wildman–Crippen LogP) is 4.09. The van der Waals surface area contributed by atoms with Crippen LogP contribution < -0.4 is 5.32 Å². The van der Waals surface area contributed by atoms with Gasteiger partial charge in [-0.2, -0.15) is 5.10 Å². The van der Waals surface area contributed by atoms with Crippen LogP contribution in [0.1, 0.15) is 56.1 Å². The summed E-state index contributed by atoms with van der Waals surface area (Å²) in [6, 6.07) is 5.20. The summed E-state index contributed by atoms with van der Waals surface area (Å²) in [6.45, 7) is 11.2. The molecule has 0 radical (unpaired) electrons. The Balaban J connectivity index is 1.46. The van der Waals surface area contributed by atoms with E-state index in [1.807, 2.05) is 22.2 Å². The van der Waals surface area contributed by atoms with E-state index in [2.05, 4.69) is 59.8 Å². The van der Waals surface area contributed by atoms with Gasteiger partial charge in [0.2, 0.25) is 0 Å². The maximum absolute atomic E-state index is 4.45. The zero-order valence-electron chi connectivity index (χ0n) is 15.1. The van der Waals surface area contributed by atoms with Crippen molar-refractivity contribution in [3.05, 3.63) is 40.3 Å². The van der Waals surface area contributed by atoms with Crippen molar-refractivity contribution in [2.75, 3.05) is 19.6 Å². The molecule has 4 nitrogen and oxygen atoms in total. The standard InChI is InChI=1S/C19H30N4S/c1-15(2)23-13-18(11-21-23)16(3)20-10-17-6-4-8-22(12-17)14-19-7-5-9-24-19/h5,7,9,11,13,15-17,20H,4,6,8,10,12,14H2,1-3H3. The van der Waals surface area contributed by atoms with Gasteiger partial charge in [0.15, 0.2) is 0 Å². The van der Waals surface area contributed by atoms with Gasteiger partial charge in [-0.05, 0) is 64.1 Å². The molecule has 24 heavy (non-hydrogen) atoms. The Bertz CT molecular complexity index is 605. The van der Waals surface area contributed by atoms with E-state index in [1.165, 1.54) is 36.4 Å². The molecule has 1 aliphatic heterocycles. The molecule has 0 bridgehead atoms. The van der Waals surface area contributed by atoms with Crippen LogP contribution in [0, 0.1) is 5.92 Å². The van der Waals surface area contributed by atoms with Crippen molar-refractivity contribution in [2.24, 2.45) is 5.92 Å². The van der Waals surface area contributed by atoms with Gasteiger partial charge in [0.25, 0.3) is 0 Å². The first-order valence-corrected chi connectivity index (χ1v) is 10.0. The maximum atomic E-state index is 4.45. The highest BCUT2D eigenvalue weighted by atomic mass is 32.1. The van der Waals surface area contributed by atoms with Crippen molar-refractivity contribution in [3.63, 3.8) is 0 Å². The van der Waals surface area contributed by atoms with Gasteiger partial charge in [-0.15, -0.1) is 11.3 Å². The first-order chi connectivity index (χ1) is 11.6. The minimum absolute atomic E-state index is 0.366. The molecule has 0 amide bonds. The number of rotatable bonds is 7. The van der Waals surface area contributed by atoms with Gasteiger partial charge in [0.1, 0.15) is 0 Å². The fourth-order valence-electron chi connectivity index (χ4n) is 3.40. The van der Waals surface area contributed by atoms with Crippen molar-refractivity contribution in [1.29, 1.82) is 0 Å². The molecular weight excluding hydrogens is 316 g/mol. The van der Waals surface area contributed by atoms with Crippen LogP contribution >= 0.6 is 11.3 Å². The molecular formula is C19H30N4S. The van der Waals surface area contributed by atoms with Gasteiger partial charge in [0, 0.05) is 41.8 Å². The van der Waals surface area contributed by atoms with Crippen molar-refractivity contribution < 1.29 is 0 Å². The molecule has 1 aliphatic rings. The van der Waals surface area contributed by atoms with E-state index in [-0.39, 0.29) is 0 Å². The number of nitrogens with one attached hydrogen (secondary N) is 1. The number of likely N-dealkylation sites (tertiary alicyclic amines) is 1. The SMILES string of the molecule is CC(NCC1CCCN(Cc2cccs2)C1)c1cnn(C(C)C)c1. The summed E-state index contributed by atoms with van der Waals surface area (Å²) >= 11 is 1.87. The molecule has 5 heteroatoms. The average Bonchev–Trinajstić information content (AvgIpc) is 3.24. The summed E-state index contributed by atoms with van der Waals surface area (Å²) in [6.07, 6.45) is 6.83. The highest BCUT2D eigenvalue weighted by Crippen LogP contribution is 2.21. The second-order valence-corrected chi connectivity index (χ2v) is 8.33. The lowest BCUT2D eigenvalue weighted by Gasteiger charge is -2.33. The third-order valence-electron chi connectivity index (χ3n) is 4.93. The van der Waals surface area contributed by atoms with E-state index in [9.17, 15) is 0 Å². The lowest BCUT2D eigenvalue weighted by molar-refractivity contribution is 0.164. The summed E-state index contributed by atoms with van der Waals surface area (Å²) in [5.41, 5.74) is 1.29. The summed E-state index contributed by atoms with van der Waals surface area (Å²) in [5, 5.41) is 10.4. The lowest BCUT2D eigenvalue weighted by atomic mass is 9.97. The molecule has 2 unspecified atom stereocenters. The second kappa shape index (κ2) is 8.28. The van der Waals surface area contributed by atoms with E-state index in [0.29, 0.717) is 12.1 Å². The lowest BCUT2D eigenvalue weighted by Crippen LogP contribution is -2.39. The fraction of sp³-hybridized carbons (Fsp3) is 0.632. The van der Waals surface area contributed by atoms with E-state index in [4.69, 9.17) is 0 Å². The first-order valence-electron chi connectivity index (χ1n) is 9.14. The molecule has 2 atom stereocenters. The van der Waals surface area contributed by atoms with Crippen LogP contribution in [0.3, 0.4) is 0 Å². The molecule has 0 saturated carbocycles. The van der Waals surface area contributed by atoms with Gasteiger partial charge >= 0.3 is 0 Å². The van der Waals surface area contributed by atoms with Crippen molar-refractivity contribution >= 4 is 11.3 Å². The highest BCUT2D eigenvalue weighted by molar-refractivity contribution is 7.09. The molecule has 1 N–H and O–H groups in total. The van der Waals surface area contributed by atoms with Crippen molar-refractivity contribution in [3.8, 4) is 0 Å². The van der Waals surface area contributed by atoms with Crippen LogP contribution in [0.25, 0.3) is 0 Å². The third-order valence-corrected chi connectivity index (χ3v) is 5.79. The van der Waals surface area contributed by atoms with Crippen LogP contribution in [0.5, 0.6) is 0 Å². The Morgan fingerprint density at radius 1 is 1.38 bits per heavy atom. The van der Waals surface area contributed by atoms with E-state index in [0.717, 1.165) is 19.0 Å². The summed E-state index contributed by atoms with van der Waals surface area (Å²) in [7, 11) is 0. The van der Waals surface area contributed by atoms with Crippen LogP contribution in [0.15, 0.2) is 29.9 Å². The van der Waals surface area contributed by atoms with Crippen LogP contribution in [-0.2, 0) is 6.54 Å². The van der Waals surface area contributed by atoms with Gasteiger partial charge in [-0.1, -0.05) is 6.07 Å². The Morgan fingerprint density at radius 2 is 2.25 bits per heavy atom. The molecule has 0 spiro atoms. The average molecular weight is 347 g/mol. The molecule has 132 valence electrons. The minimum atomic E-state index is 0.366. The minimum Gasteiger partial charge on any atom is -0.310 e. The monoisotopic (exact) mass is 346 g/mol. The third kappa shape index (κ3) is 4.68. The number of thiophene rings is 1. The van der Waals surface area contributed by atoms with E-state index < -0.39 is 0 Å². The normalized spacial score (nSPS) is 20.6. The smallest absolute Gasteiger partial charge is 0.0537 e. The number of piperidine rings is 1. The number of nitrogens with zero attached hydrogens (tertiary/aromatic N) is 3. The van der Waals surface area contributed by atoms with Gasteiger partial charge in [-0.3, -0.25) is 9.58 Å². The molecule has 3 heterocycles. The summed E-state index contributed by atoms with van der Waals surface area (Å²) in [5.74, 6) is 0.751. The number of hydrogen-bond donors (Lipinski definition) is 1. The summed E-state index contributed by atoms with van der Waals surface area (Å²) in [4.78, 5) is 4.10. The molecule has 2 aromatic rings. The Kier molecular flexibility index (Phi) is 6.09. The van der Waals surface area contributed by atoms with Gasteiger partial charge in [0.05, 0.1) is 6.20 Å². The van der Waals surface area contributed by atoms with Gasteiger partial charge in [-0.25, -0.2) is 0 Å². The van der Waals surface area contributed by atoms with E-state index >= 15 is 0 Å². The molecule has 0 aliphatic carbocycles. The van der Waals surface area contributed by atoms with Gasteiger partial charge < -0.3 is 5.32 Å². The zero-order chi connectivity index (χ0) is 16.9. The highest BCUT2D eigenvalue weighted by Gasteiger charge is 2.21. The number of hydrogen-bond acceptors (Lipinski definition) is 4. The topological polar surface area (TPSA) is 33.1 Å². The Morgan fingerprint density at radius 3 is 2.96 bits per heavy atom. The van der Waals surface area contributed by atoms with Crippen molar-refractivity contribution in [1.82, 2.24) is 20.0 Å². The second-order valence-electron chi connectivity index (χ2n) is 7.30. The van der Waals surface area contributed by atoms with Crippen LogP contribution in [0.2, 0.25) is 0 Å². The fourth-order valence-corrected chi connectivity index (χ4v) is 4.15. The van der Waals surface area contributed by atoms with Crippen molar-refractivity contribution in [2.45, 2.75) is 52.2 Å². The molecule has 1 fully saturated rings. The largest absolute Gasteiger partial charge is 0.310 e. The Labute approximate surface area is 149 Å². The van der Waals surface area contributed by atoms with Crippen LogP contribution in [-0.4, -0.2) is 34.3 Å². The Hall–Kier alpha value is -1.17. The quantitative estimate of drug-likeness (QED) is 0.820. The van der Waals surface area contributed by atoms with E-state index in [1.54, 1.807) is 0 Å². The summed E-state index contributed by atoms with van der Waals surface area (Å²) < 4.78 is 2.04. The van der Waals surface area contributed by atoms with Crippen LogP contribution in [0.4, 0.5) is 0 Å². The zero-order valence-corrected chi connectivity index (χ0v) is 15.9. The first kappa shape index (κ1) is 17.6.